The van der Waals surface area contributed by atoms with Crippen LogP contribution in [0.4, 0.5) is 0 Å². The highest BCUT2D eigenvalue weighted by atomic mass is 16.5. The molecule has 2 heteroatoms. The average Bonchev–Trinajstić information content (AvgIpc) is 2.30. The van der Waals surface area contributed by atoms with Crippen LogP contribution in [-0.2, 0) is 0 Å². The molecule has 0 aliphatic rings. The van der Waals surface area contributed by atoms with E-state index in [4.69, 9.17) is 10.00 Å². The topological polar surface area (TPSA) is 33.0 Å². The highest BCUT2D eigenvalue weighted by Gasteiger charge is 2.06. The first-order valence-corrected chi connectivity index (χ1v) is 5.32. The van der Waals surface area contributed by atoms with Crippen LogP contribution in [0.15, 0.2) is 42.5 Å². The molecule has 2 aromatic rings. The van der Waals surface area contributed by atoms with Crippen LogP contribution < -0.4 is 4.74 Å². The molecule has 2 rings (SSSR count). The van der Waals surface area contributed by atoms with Gasteiger partial charge in [-0.15, -0.1) is 0 Å². The molecule has 1 unspecified atom stereocenters. The molecule has 0 aliphatic heterocycles. The van der Waals surface area contributed by atoms with Crippen molar-refractivity contribution >= 4 is 10.8 Å². The van der Waals surface area contributed by atoms with Gasteiger partial charge in [0.05, 0.1) is 12.5 Å². The van der Waals surface area contributed by atoms with Crippen molar-refractivity contribution < 1.29 is 4.74 Å². The third kappa shape index (κ3) is 2.14. The molecule has 1 atom stereocenters. The van der Waals surface area contributed by atoms with Crippen LogP contribution in [-0.4, -0.2) is 6.10 Å². The van der Waals surface area contributed by atoms with Gasteiger partial charge in [0, 0.05) is 5.39 Å². The Morgan fingerprint density at radius 1 is 1.19 bits per heavy atom. The zero-order valence-corrected chi connectivity index (χ0v) is 9.18. The van der Waals surface area contributed by atoms with Crippen molar-refractivity contribution in [2.75, 3.05) is 0 Å². The van der Waals surface area contributed by atoms with E-state index in [2.05, 4.69) is 18.2 Å². The maximum Gasteiger partial charge on any atom is 0.127 e. The Bertz CT molecular complexity index is 522. The third-order valence-corrected chi connectivity index (χ3v) is 2.46. The zero-order valence-electron chi connectivity index (χ0n) is 9.18. The van der Waals surface area contributed by atoms with Crippen molar-refractivity contribution in [3.63, 3.8) is 0 Å². The molecule has 0 bridgehead atoms. The summed E-state index contributed by atoms with van der Waals surface area (Å²) in [4.78, 5) is 0. The van der Waals surface area contributed by atoms with E-state index in [0.717, 1.165) is 16.5 Å². The first-order valence-electron chi connectivity index (χ1n) is 5.32. The van der Waals surface area contributed by atoms with Crippen molar-refractivity contribution in [2.24, 2.45) is 0 Å². The van der Waals surface area contributed by atoms with E-state index < -0.39 is 0 Å². The highest BCUT2D eigenvalue weighted by molar-refractivity contribution is 5.88. The minimum Gasteiger partial charge on any atom is -0.489 e. The summed E-state index contributed by atoms with van der Waals surface area (Å²) in [5.74, 6) is 0.848. The largest absolute Gasteiger partial charge is 0.489 e. The predicted octanol–water partition coefficient (Wildman–Crippen LogP) is 3.52. The molecule has 0 saturated heterocycles. The van der Waals surface area contributed by atoms with Crippen molar-refractivity contribution in [3.05, 3.63) is 42.5 Å². The van der Waals surface area contributed by atoms with Gasteiger partial charge in [0.25, 0.3) is 0 Å². The smallest absolute Gasteiger partial charge is 0.127 e. The van der Waals surface area contributed by atoms with Crippen LogP contribution in [0.2, 0.25) is 0 Å². The molecule has 0 heterocycles. The van der Waals surface area contributed by atoms with Gasteiger partial charge in [-0.25, -0.2) is 0 Å². The van der Waals surface area contributed by atoms with Crippen molar-refractivity contribution in [1.29, 1.82) is 5.26 Å². The predicted molar refractivity (Wildman–Crippen MR) is 64.3 cm³/mol. The molecule has 16 heavy (non-hydrogen) atoms. The molecule has 0 spiro atoms. The van der Waals surface area contributed by atoms with Gasteiger partial charge in [-0.1, -0.05) is 36.4 Å². The molecule has 0 saturated carbocycles. The second-order valence-corrected chi connectivity index (χ2v) is 3.77. The zero-order chi connectivity index (χ0) is 11.4. The second kappa shape index (κ2) is 4.67. The summed E-state index contributed by atoms with van der Waals surface area (Å²) >= 11 is 0. The summed E-state index contributed by atoms with van der Waals surface area (Å²) in [5.41, 5.74) is 0. The van der Waals surface area contributed by atoms with Gasteiger partial charge in [0.2, 0.25) is 0 Å². The molecule has 0 aromatic heterocycles. The average molecular weight is 211 g/mol. The molecular weight excluding hydrogens is 198 g/mol. The van der Waals surface area contributed by atoms with E-state index in [9.17, 15) is 0 Å². The van der Waals surface area contributed by atoms with Gasteiger partial charge in [-0.3, -0.25) is 0 Å². The SMILES string of the molecule is CC(CC#N)Oc1cccc2ccccc12. The number of rotatable bonds is 3. The Balaban J connectivity index is 2.34. The van der Waals surface area contributed by atoms with Crippen LogP contribution in [0.3, 0.4) is 0 Å². The van der Waals surface area contributed by atoms with Gasteiger partial charge in [0.15, 0.2) is 0 Å². The lowest BCUT2D eigenvalue weighted by Gasteiger charge is -2.13. The first-order chi connectivity index (χ1) is 7.81. The number of fused-ring (bicyclic) bond motifs is 1. The summed E-state index contributed by atoms with van der Waals surface area (Å²) in [6.45, 7) is 1.91. The number of ether oxygens (including phenoxy) is 1. The van der Waals surface area contributed by atoms with Crippen molar-refractivity contribution in [1.82, 2.24) is 0 Å². The van der Waals surface area contributed by atoms with Gasteiger partial charge in [-0.05, 0) is 18.4 Å². The molecule has 0 N–H and O–H groups in total. The van der Waals surface area contributed by atoms with Gasteiger partial charge in [0.1, 0.15) is 11.9 Å². The summed E-state index contributed by atoms with van der Waals surface area (Å²) in [6.07, 6.45) is 0.333. The Morgan fingerprint density at radius 3 is 2.75 bits per heavy atom. The number of hydrogen-bond acceptors (Lipinski definition) is 2. The van der Waals surface area contributed by atoms with E-state index in [1.165, 1.54) is 0 Å². The van der Waals surface area contributed by atoms with Crippen molar-refractivity contribution in [2.45, 2.75) is 19.4 Å². The fourth-order valence-electron chi connectivity index (χ4n) is 1.69. The van der Waals surface area contributed by atoms with Crippen LogP contribution in [0.5, 0.6) is 5.75 Å². The van der Waals surface area contributed by atoms with Crippen LogP contribution >= 0.6 is 0 Å². The van der Waals surface area contributed by atoms with Crippen LogP contribution in [0.25, 0.3) is 10.8 Å². The van der Waals surface area contributed by atoms with E-state index >= 15 is 0 Å². The highest BCUT2D eigenvalue weighted by Crippen LogP contribution is 2.26. The van der Waals surface area contributed by atoms with Crippen LogP contribution in [0, 0.1) is 11.3 Å². The minimum atomic E-state index is -0.0733. The lowest BCUT2D eigenvalue weighted by Crippen LogP contribution is -2.10. The minimum absolute atomic E-state index is 0.0733. The number of nitrogens with zero attached hydrogens (tertiary/aromatic N) is 1. The number of nitriles is 1. The lowest BCUT2D eigenvalue weighted by atomic mass is 10.1. The Hall–Kier alpha value is -2.01. The Labute approximate surface area is 95.1 Å². The molecule has 0 amide bonds. The summed E-state index contributed by atoms with van der Waals surface area (Å²) in [5, 5.41) is 10.8. The molecule has 0 radical (unpaired) electrons. The number of hydrogen-bond donors (Lipinski definition) is 0. The normalized spacial score (nSPS) is 12.0. The maximum absolute atomic E-state index is 8.60. The van der Waals surface area contributed by atoms with Crippen molar-refractivity contribution in [3.8, 4) is 11.8 Å². The van der Waals surface area contributed by atoms with E-state index in [0.29, 0.717) is 6.42 Å². The molecule has 2 aromatic carbocycles. The van der Waals surface area contributed by atoms with Gasteiger partial charge < -0.3 is 4.74 Å². The standard InChI is InChI=1S/C14H13NO/c1-11(9-10-15)16-14-8-4-6-12-5-2-3-7-13(12)14/h2-8,11H,9H2,1H3. The fraction of sp³-hybridized carbons (Fsp3) is 0.214. The van der Waals surface area contributed by atoms with E-state index in [1.807, 2.05) is 37.3 Å². The third-order valence-electron chi connectivity index (χ3n) is 2.46. The van der Waals surface area contributed by atoms with Crippen LogP contribution in [0.1, 0.15) is 13.3 Å². The monoisotopic (exact) mass is 211 g/mol. The van der Waals surface area contributed by atoms with E-state index in [1.54, 1.807) is 0 Å². The Morgan fingerprint density at radius 2 is 1.94 bits per heavy atom. The fourth-order valence-corrected chi connectivity index (χ4v) is 1.69. The summed E-state index contributed by atoms with van der Waals surface area (Å²) in [6, 6.07) is 16.2. The molecular formula is C14H13NO. The molecule has 0 fully saturated rings. The van der Waals surface area contributed by atoms with E-state index in [-0.39, 0.29) is 6.10 Å². The molecule has 80 valence electrons. The first kappa shape index (κ1) is 10.5. The Kier molecular flexibility index (Phi) is 3.07. The summed E-state index contributed by atoms with van der Waals surface area (Å²) < 4.78 is 5.75. The van der Waals surface area contributed by atoms with Gasteiger partial charge >= 0.3 is 0 Å². The second-order valence-electron chi connectivity index (χ2n) is 3.77. The number of benzene rings is 2. The maximum atomic E-state index is 8.60. The molecule has 2 nitrogen and oxygen atoms in total. The summed E-state index contributed by atoms with van der Waals surface area (Å²) in [7, 11) is 0. The van der Waals surface area contributed by atoms with Gasteiger partial charge in [-0.2, -0.15) is 5.26 Å². The lowest BCUT2D eigenvalue weighted by molar-refractivity contribution is 0.230. The molecule has 0 aliphatic carbocycles. The quantitative estimate of drug-likeness (QED) is 0.778.